The zero-order valence-electron chi connectivity index (χ0n) is 5.04. The molecule has 0 aliphatic rings. The molecule has 2 N–H and O–H groups in total. The summed E-state index contributed by atoms with van der Waals surface area (Å²) in [5.74, 6) is -0.978. The molecule has 0 saturated carbocycles. The topological polar surface area (TPSA) is 57.5 Å². The molecular weight excluding hydrogens is 188 g/mol. The van der Waals surface area contributed by atoms with Crippen molar-refractivity contribution in [3.8, 4) is 0 Å². The van der Waals surface area contributed by atoms with E-state index in [0.717, 1.165) is 0 Å². The van der Waals surface area contributed by atoms with Crippen molar-refractivity contribution in [2.24, 2.45) is 0 Å². The average molecular weight is 197 g/mol. The van der Waals surface area contributed by atoms with Crippen LogP contribution in [0.1, 0.15) is 13.3 Å². The summed E-state index contributed by atoms with van der Waals surface area (Å²) in [4.78, 5) is 9.77. The number of alkyl halides is 1. The van der Waals surface area contributed by atoms with E-state index in [9.17, 15) is 4.79 Å². The Morgan fingerprint density at radius 1 is 1.78 bits per heavy atom. The summed E-state index contributed by atoms with van der Waals surface area (Å²) in [5.41, 5.74) is 0. The first-order chi connectivity index (χ1) is 4.04. The molecule has 0 aromatic rings. The summed E-state index contributed by atoms with van der Waals surface area (Å²) >= 11 is 3.05. The number of hydrogen-bond acceptors (Lipinski definition) is 2. The van der Waals surface area contributed by atoms with Crippen LogP contribution in [0.2, 0.25) is 0 Å². The summed E-state index contributed by atoms with van der Waals surface area (Å²) in [7, 11) is 0. The fourth-order valence-electron chi connectivity index (χ4n) is 0.341. The number of carbonyl (C=O) groups is 1. The molecule has 4 heteroatoms. The summed E-state index contributed by atoms with van der Waals surface area (Å²) in [5, 5.41) is 17.0. The molecule has 9 heavy (non-hydrogen) atoms. The Morgan fingerprint density at radius 3 is 2.33 bits per heavy atom. The van der Waals surface area contributed by atoms with Gasteiger partial charge >= 0.3 is 5.97 Å². The molecule has 0 spiro atoms. The van der Waals surface area contributed by atoms with Gasteiger partial charge in [0.05, 0.1) is 12.5 Å². The van der Waals surface area contributed by atoms with Gasteiger partial charge in [-0.05, 0) is 0 Å². The molecule has 0 fully saturated rings. The SMILES string of the molecule is CC(Br)C(O)CC(=O)O. The second kappa shape index (κ2) is 3.85. The maximum absolute atomic E-state index is 9.93. The number of carboxylic acid groups (broad SMARTS) is 1. The van der Waals surface area contributed by atoms with Crippen molar-refractivity contribution < 1.29 is 15.0 Å². The van der Waals surface area contributed by atoms with Crippen LogP contribution in [-0.2, 0) is 4.79 Å². The van der Waals surface area contributed by atoms with Crippen molar-refractivity contribution in [1.82, 2.24) is 0 Å². The Hall–Kier alpha value is -0.0900. The van der Waals surface area contributed by atoms with Crippen LogP contribution >= 0.6 is 15.9 Å². The maximum Gasteiger partial charge on any atom is 0.306 e. The zero-order valence-corrected chi connectivity index (χ0v) is 6.63. The fraction of sp³-hybridized carbons (Fsp3) is 0.800. The molecule has 0 bridgehead atoms. The van der Waals surface area contributed by atoms with E-state index in [-0.39, 0.29) is 11.2 Å². The van der Waals surface area contributed by atoms with E-state index >= 15 is 0 Å². The molecule has 0 radical (unpaired) electrons. The normalized spacial score (nSPS) is 16.8. The van der Waals surface area contributed by atoms with Gasteiger partial charge in [-0.25, -0.2) is 0 Å². The molecule has 0 aromatic heterocycles. The quantitative estimate of drug-likeness (QED) is 0.651. The lowest BCUT2D eigenvalue weighted by Gasteiger charge is -2.08. The van der Waals surface area contributed by atoms with Crippen LogP contribution < -0.4 is 0 Å². The smallest absolute Gasteiger partial charge is 0.306 e. The van der Waals surface area contributed by atoms with Gasteiger partial charge in [0.2, 0.25) is 0 Å². The van der Waals surface area contributed by atoms with Gasteiger partial charge in [-0.3, -0.25) is 4.79 Å². The summed E-state index contributed by atoms with van der Waals surface area (Å²) < 4.78 is 0. The highest BCUT2D eigenvalue weighted by Gasteiger charge is 2.13. The molecule has 0 aliphatic carbocycles. The summed E-state index contributed by atoms with van der Waals surface area (Å²) in [6.07, 6.45) is -0.991. The van der Waals surface area contributed by atoms with E-state index in [4.69, 9.17) is 10.2 Å². The minimum Gasteiger partial charge on any atom is -0.481 e. The second-order valence-electron chi connectivity index (χ2n) is 1.84. The molecule has 54 valence electrons. The largest absolute Gasteiger partial charge is 0.481 e. The summed E-state index contributed by atoms with van der Waals surface area (Å²) in [6, 6.07) is 0. The Labute approximate surface area is 61.8 Å². The lowest BCUT2D eigenvalue weighted by atomic mass is 10.2. The van der Waals surface area contributed by atoms with E-state index in [1.807, 2.05) is 0 Å². The van der Waals surface area contributed by atoms with Gasteiger partial charge in [0.25, 0.3) is 0 Å². The Bertz CT molecular complexity index is 102. The average Bonchev–Trinajstić information content (AvgIpc) is 1.63. The third-order valence-electron chi connectivity index (χ3n) is 0.914. The van der Waals surface area contributed by atoms with Crippen LogP contribution in [-0.4, -0.2) is 27.1 Å². The highest BCUT2D eigenvalue weighted by atomic mass is 79.9. The molecule has 0 saturated heterocycles. The summed E-state index contributed by atoms with van der Waals surface area (Å²) in [6.45, 7) is 1.70. The van der Waals surface area contributed by atoms with Gasteiger partial charge in [-0.1, -0.05) is 22.9 Å². The van der Waals surface area contributed by atoms with Crippen molar-refractivity contribution in [2.45, 2.75) is 24.3 Å². The molecule has 2 unspecified atom stereocenters. The molecular formula is C5H9BrO3. The van der Waals surface area contributed by atoms with Crippen LogP contribution in [0.5, 0.6) is 0 Å². The van der Waals surface area contributed by atoms with Gasteiger partial charge in [-0.2, -0.15) is 0 Å². The Kier molecular flexibility index (Phi) is 3.81. The molecule has 2 atom stereocenters. The van der Waals surface area contributed by atoms with E-state index in [0.29, 0.717) is 0 Å². The Morgan fingerprint density at radius 2 is 2.22 bits per heavy atom. The number of rotatable bonds is 3. The third kappa shape index (κ3) is 4.42. The van der Waals surface area contributed by atoms with Crippen molar-refractivity contribution in [1.29, 1.82) is 0 Å². The van der Waals surface area contributed by atoms with Crippen LogP contribution in [0.25, 0.3) is 0 Å². The zero-order chi connectivity index (χ0) is 7.44. The second-order valence-corrected chi connectivity index (χ2v) is 3.29. The van der Waals surface area contributed by atoms with Gasteiger partial charge < -0.3 is 10.2 Å². The minimum absolute atomic E-state index is 0.159. The van der Waals surface area contributed by atoms with Gasteiger partial charge in [-0.15, -0.1) is 0 Å². The lowest BCUT2D eigenvalue weighted by molar-refractivity contribution is -0.139. The van der Waals surface area contributed by atoms with E-state index in [1.54, 1.807) is 6.92 Å². The molecule has 0 aliphatic heterocycles. The number of hydrogen-bond donors (Lipinski definition) is 2. The van der Waals surface area contributed by atoms with Crippen molar-refractivity contribution >= 4 is 21.9 Å². The first kappa shape index (κ1) is 8.91. The van der Waals surface area contributed by atoms with Crippen LogP contribution in [0.3, 0.4) is 0 Å². The third-order valence-corrected chi connectivity index (χ3v) is 1.52. The van der Waals surface area contributed by atoms with E-state index in [1.165, 1.54) is 0 Å². The highest BCUT2D eigenvalue weighted by molar-refractivity contribution is 9.09. The van der Waals surface area contributed by atoms with Crippen molar-refractivity contribution in [3.05, 3.63) is 0 Å². The number of carboxylic acids is 1. The lowest BCUT2D eigenvalue weighted by Crippen LogP contribution is -2.20. The predicted molar refractivity (Wildman–Crippen MR) is 36.6 cm³/mol. The number of aliphatic hydroxyl groups is 1. The van der Waals surface area contributed by atoms with Gasteiger partial charge in [0.15, 0.2) is 0 Å². The van der Waals surface area contributed by atoms with Gasteiger partial charge in [0, 0.05) is 4.83 Å². The van der Waals surface area contributed by atoms with Crippen molar-refractivity contribution in [2.75, 3.05) is 0 Å². The van der Waals surface area contributed by atoms with Crippen LogP contribution in [0.15, 0.2) is 0 Å². The molecule has 0 heterocycles. The van der Waals surface area contributed by atoms with Crippen LogP contribution in [0.4, 0.5) is 0 Å². The molecule has 0 amide bonds. The highest BCUT2D eigenvalue weighted by Crippen LogP contribution is 2.06. The fourth-order valence-corrected chi connectivity index (χ4v) is 0.528. The minimum atomic E-state index is -0.978. The predicted octanol–water partition coefficient (Wildman–Crippen LogP) is 0.605. The van der Waals surface area contributed by atoms with Crippen LogP contribution in [0, 0.1) is 0 Å². The first-order valence-electron chi connectivity index (χ1n) is 2.58. The monoisotopic (exact) mass is 196 g/mol. The molecule has 3 nitrogen and oxygen atoms in total. The molecule has 0 aromatic carbocycles. The van der Waals surface area contributed by atoms with E-state index in [2.05, 4.69) is 15.9 Å². The van der Waals surface area contributed by atoms with Gasteiger partial charge in [0.1, 0.15) is 0 Å². The Balaban J connectivity index is 3.50. The number of aliphatic carboxylic acids is 1. The first-order valence-corrected chi connectivity index (χ1v) is 3.49. The van der Waals surface area contributed by atoms with Crippen molar-refractivity contribution in [3.63, 3.8) is 0 Å². The molecule has 0 rings (SSSR count). The number of halogens is 1. The maximum atomic E-state index is 9.93. The van der Waals surface area contributed by atoms with E-state index < -0.39 is 12.1 Å². The number of aliphatic hydroxyl groups excluding tert-OH is 1. The standard InChI is InChI=1S/C5H9BrO3/c1-3(6)4(7)2-5(8)9/h3-4,7H,2H2,1H3,(H,8,9).